The Morgan fingerprint density at radius 3 is 1.92 bits per heavy atom. The third kappa shape index (κ3) is 2.79. The molecule has 2 rings (SSSR count). The fourth-order valence-corrected chi connectivity index (χ4v) is 2.31. The summed E-state index contributed by atoms with van der Waals surface area (Å²) in [6.07, 6.45) is 0. The molecule has 0 heterocycles. The van der Waals surface area contributed by atoms with Crippen molar-refractivity contribution in [2.75, 3.05) is 6.61 Å². The molecule has 0 spiro atoms. The van der Waals surface area contributed by atoms with E-state index in [2.05, 4.69) is 0 Å². The van der Waals surface area contributed by atoms with Crippen LogP contribution in [0.1, 0.15) is 15.9 Å². The fourth-order valence-electron chi connectivity index (χ4n) is 2.31. The van der Waals surface area contributed by atoms with Crippen molar-refractivity contribution < 1.29 is 19.9 Å². The summed E-state index contributed by atoms with van der Waals surface area (Å²) in [6, 6.07) is 14.0. The summed E-state index contributed by atoms with van der Waals surface area (Å²) in [5.41, 5.74) is -3.03. The van der Waals surface area contributed by atoms with Gasteiger partial charge >= 0.3 is 11.6 Å². The second-order valence-electron chi connectivity index (χ2n) is 4.82. The fraction of sp³-hybridized carbons (Fsp3) is 0.133. The minimum atomic E-state index is -2.74. The minimum Gasteiger partial charge on any atom is -0.386 e. The van der Waals surface area contributed by atoms with E-state index in [4.69, 9.17) is 0 Å². The van der Waals surface area contributed by atoms with E-state index < -0.39 is 28.1 Å². The zero-order chi connectivity index (χ0) is 17.7. The van der Waals surface area contributed by atoms with Gasteiger partial charge in [-0.1, -0.05) is 36.4 Å². The molecule has 2 aromatic carbocycles. The number of aliphatic hydroxyl groups is 1. The van der Waals surface area contributed by atoms with Gasteiger partial charge in [0.15, 0.2) is 5.03 Å². The number of amides is 1. The third-order valence-electron chi connectivity index (χ3n) is 3.49. The number of aliphatic hydroxyl groups excluding tert-OH is 1. The molecule has 0 bridgehead atoms. The van der Waals surface area contributed by atoms with Crippen LogP contribution in [0, 0.1) is 20.2 Å². The molecule has 0 aliphatic carbocycles. The first kappa shape index (κ1) is 17.0. The number of hydrazine groups is 1. The van der Waals surface area contributed by atoms with Gasteiger partial charge in [0, 0.05) is 10.6 Å². The third-order valence-corrected chi connectivity index (χ3v) is 3.49. The number of carbonyl (C=O) groups excluding carboxylic acids is 1. The summed E-state index contributed by atoms with van der Waals surface area (Å²) in [4.78, 5) is 34.7. The standard InChI is InChI=1S/C15H13N3O6/c19-11-15(17(21)22,13-9-5-2-6-10-13)16(18(23)24)14(20)12-7-3-1-4-8-12/h1-10,19H,11H2. The normalized spacial score (nSPS) is 12.9. The van der Waals surface area contributed by atoms with Crippen LogP contribution in [-0.2, 0) is 5.66 Å². The Hall–Kier alpha value is -3.33. The van der Waals surface area contributed by atoms with Crippen molar-refractivity contribution >= 4 is 5.91 Å². The predicted molar refractivity (Wildman–Crippen MR) is 81.8 cm³/mol. The zero-order valence-corrected chi connectivity index (χ0v) is 12.3. The van der Waals surface area contributed by atoms with Crippen LogP contribution >= 0.6 is 0 Å². The van der Waals surface area contributed by atoms with E-state index in [1.54, 1.807) is 12.1 Å². The molecule has 9 heteroatoms. The van der Waals surface area contributed by atoms with Crippen LogP contribution in [0.3, 0.4) is 0 Å². The molecule has 1 atom stereocenters. The van der Waals surface area contributed by atoms with Gasteiger partial charge in [0.2, 0.25) is 0 Å². The highest BCUT2D eigenvalue weighted by Gasteiger charge is 2.60. The number of hydrogen-bond acceptors (Lipinski definition) is 6. The molecular formula is C15H13N3O6. The lowest BCUT2D eigenvalue weighted by Gasteiger charge is -2.27. The van der Waals surface area contributed by atoms with Crippen molar-refractivity contribution in [1.82, 2.24) is 5.01 Å². The van der Waals surface area contributed by atoms with E-state index in [-0.39, 0.29) is 16.1 Å². The summed E-state index contributed by atoms with van der Waals surface area (Å²) in [5.74, 6) is -1.20. The van der Waals surface area contributed by atoms with Crippen LogP contribution in [0.25, 0.3) is 0 Å². The Morgan fingerprint density at radius 1 is 1.00 bits per heavy atom. The molecule has 24 heavy (non-hydrogen) atoms. The monoisotopic (exact) mass is 331 g/mol. The average molecular weight is 331 g/mol. The van der Waals surface area contributed by atoms with Crippen LogP contribution in [0.4, 0.5) is 0 Å². The molecule has 124 valence electrons. The van der Waals surface area contributed by atoms with Gasteiger partial charge < -0.3 is 5.11 Å². The summed E-state index contributed by atoms with van der Waals surface area (Å²) in [6.45, 7) is -1.26. The van der Waals surface area contributed by atoms with Crippen molar-refractivity contribution in [2.45, 2.75) is 5.66 Å². The predicted octanol–water partition coefficient (Wildman–Crippen LogP) is 1.44. The van der Waals surface area contributed by atoms with Crippen molar-refractivity contribution in [3.63, 3.8) is 0 Å². The Kier molecular flexibility index (Phi) is 4.85. The molecule has 0 radical (unpaired) electrons. The number of carbonyl (C=O) groups is 1. The van der Waals surface area contributed by atoms with E-state index in [1.807, 2.05) is 0 Å². The molecule has 0 saturated heterocycles. The maximum absolute atomic E-state index is 12.5. The number of rotatable bonds is 6. The lowest BCUT2D eigenvalue weighted by Crippen LogP contribution is -2.59. The zero-order valence-electron chi connectivity index (χ0n) is 12.3. The van der Waals surface area contributed by atoms with E-state index in [9.17, 15) is 30.1 Å². The highest BCUT2D eigenvalue weighted by atomic mass is 16.7. The Balaban J connectivity index is 2.67. The van der Waals surface area contributed by atoms with E-state index >= 15 is 0 Å². The molecule has 0 aliphatic rings. The molecule has 1 amide bonds. The molecule has 9 nitrogen and oxygen atoms in total. The number of nitrogens with zero attached hydrogens (tertiary/aromatic N) is 3. The summed E-state index contributed by atoms with van der Waals surface area (Å²) in [7, 11) is 0. The quantitative estimate of drug-likeness (QED) is 0.485. The Bertz CT molecular complexity index is 752. The second-order valence-corrected chi connectivity index (χ2v) is 4.82. The van der Waals surface area contributed by atoms with Gasteiger partial charge in [0.1, 0.15) is 6.61 Å². The lowest BCUT2D eigenvalue weighted by atomic mass is 9.99. The largest absolute Gasteiger partial charge is 0.402 e. The maximum Gasteiger partial charge on any atom is 0.402 e. The first-order valence-electron chi connectivity index (χ1n) is 6.80. The van der Waals surface area contributed by atoms with Crippen LogP contribution in [0.15, 0.2) is 60.7 Å². The van der Waals surface area contributed by atoms with Gasteiger partial charge in [0.25, 0.3) is 0 Å². The second kappa shape index (κ2) is 6.84. The summed E-state index contributed by atoms with van der Waals surface area (Å²) in [5, 5.41) is 31.5. The van der Waals surface area contributed by atoms with Crippen LogP contribution in [0.5, 0.6) is 0 Å². The van der Waals surface area contributed by atoms with Crippen molar-refractivity contribution in [1.29, 1.82) is 0 Å². The van der Waals surface area contributed by atoms with Gasteiger partial charge in [-0.3, -0.25) is 14.9 Å². The van der Waals surface area contributed by atoms with E-state index in [1.165, 1.54) is 48.5 Å². The van der Waals surface area contributed by atoms with Gasteiger partial charge in [-0.2, -0.15) is 0 Å². The molecular weight excluding hydrogens is 318 g/mol. The maximum atomic E-state index is 12.5. The van der Waals surface area contributed by atoms with Gasteiger partial charge in [-0.15, -0.1) is 0 Å². The van der Waals surface area contributed by atoms with Crippen molar-refractivity contribution in [3.8, 4) is 0 Å². The first-order chi connectivity index (χ1) is 11.4. The molecule has 2 aromatic rings. The molecule has 0 aromatic heterocycles. The Labute approximate surface area is 136 Å². The van der Waals surface area contributed by atoms with Crippen LogP contribution < -0.4 is 0 Å². The number of nitro groups is 2. The molecule has 1 unspecified atom stereocenters. The van der Waals surface area contributed by atoms with E-state index in [0.717, 1.165) is 0 Å². The van der Waals surface area contributed by atoms with Crippen LogP contribution in [-0.4, -0.2) is 32.6 Å². The number of benzene rings is 2. The first-order valence-corrected chi connectivity index (χ1v) is 6.80. The smallest absolute Gasteiger partial charge is 0.386 e. The van der Waals surface area contributed by atoms with Crippen molar-refractivity contribution in [2.24, 2.45) is 0 Å². The van der Waals surface area contributed by atoms with Crippen molar-refractivity contribution in [3.05, 3.63) is 92.0 Å². The van der Waals surface area contributed by atoms with E-state index in [0.29, 0.717) is 0 Å². The summed E-state index contributed by atoms with van der Waals surface area (Å²) < 4.78 is 0. The molecule has 0 saturated carbocycles. The van der Waals surface area contributed by atoms with Gasteiger partial charge in [-0.25, -0.2) is 10.1 Å². The lowest BCUT2D eigenvalue weighted by molar-refractivity contribution is -0.751. The minimum absolute atomic E-state index is 0.107. The molecule has 0 fully saturated rings. The van der Waals surface area contributed by atoms with Gasteiger partial charge in [-0.05, 0) is 24.3 Å². The topological polar surface area (TPSA) is 127 Å². The highest BCUT2D eigenvalue weighted by Crippen LogP contribution is 2.30. The average Bonchev–Trinajstić information content (AvgIpc) is 2.60. The Morgan fingerprint density at radius 2 is 1.50 bits per heavy atom. The van der Waals surface area contributed by atoms with Gasteiger partial charge in [0.05, 0.1) is 10.5 Å². The van der Waals surface area contributed by atoms with Crippen LogP contribution in [0.2, 0.25) is 0 Å². The highest BCUT2D eigenvalue weighted by molar-refractivity contribution is 5.93. The SMILES string of the molecule is O=C(c1ccccc1)N([N+](=O)[O-])C(CO)(c1ccccc1)[N+](=O)[O-]. The number of hydrogen-bond donors (Lipinski definition) is 1. The molecule has 0 aliphatic heterocycles. The molecule has 1 N–H and O–H groups in total. The summed E-state index contributed by atoms with van der Waals surface area (Å²) >= 11 is 0.